The fourth-order valence-electron chi connectivity index (χ4n) is 2.31. The molecule has 1 aromatic rings. The lowest BCUT2D eigenvalue weighted by Gasteiger charge is -2.14. The predicted octanol–water partition coefficient (Wildman–Crippen LogP) is 3.02. The Hall–Kier alpha value is -0.670. The third-order valence-electron chi connectivity index (χ3n) is 3.07. The van der Waals surface area contributed by atoms with Crippen LogP contribution in [0.1, 0.15) is 23.6 Å². The van der Waals surface area contributed by atoms with Crippen LogP contribution in [0.2, 0.25) is 5.02 Å². The number of hydrogen-bond donors (Lipinski definition) is 1. The van der Waals surface area contributed by atoms with Gasteiger partial charge in [-0.05, 0) is 36.1 Å². The van der Waals surface area contributed by atoms with Crippen LogP contribution in [-0.4, -0.2) is 17.5 Å². The van der Waals surface area contributed by atoms with Gasteiger partial charge in [-0.2, -0.15) is 0 Å². The summed E-state index contributed by atoms with van der Waals surface area (Å²) in [7, 11) is 0. The lowest BCUT2D eigenvalue weighted by molar-refractivity contribution is 0.644. The number of amidine groups is 1. The molecule has 2 nitrogen and oxygen atoms in total. The van der Waals surface area contributed by atoms with E-state index >= 15 is 0 Å². The average molecular weight is 253 g/mol. The second-order valence-electron chi connectivity index (χ2n) is 4.11. The van der Waals surface area contributed by atoms with Crippen molar-refractivity contribution in [3.05, 3.63) is 34.3 Å². The monoisotopic (exact) mass is 252 g/mol. The summed E-state index contributed by atoms with van der Waals surface area (Å²) in [5.41, 5.74) is 2.77. The van der Waals surface area contributed by atoms with Crippen LogP contribution in [0.5, 0.6) is 0 Å². The van der Waals surface area contributed by atoms with E-state index in [1.165, 1.54) is 11.1 Å². The highest BCUT2D eigenvalue weighted by Crippen LogP contribution is 2.33. The van der Waals surface area contributed by atoms with Gasteiger partial charge in [0.15, 0.2) is 5.17 Å². The number of aryl methyl sites for hydroxylation is 1. The number of rotatable bonds is 1. The first-order valence-electron chi connectivity index (χ1n) is 5.55. The Morgan fingerprint density at radius 3 is 3.19 bits per heavy atom. The fourth-order valence-corrected chi connectivity index (χ4v) is 3.29. The number of nitrogens with zero attached hydrogens (tertiary/aromatic N) is 1. The molecule has 3 rings (SSSR count). The average Bonchev–Trinajstić information content (AvgIpc) is 2.89. The van der Waals surface area contributed by atoms with E-state index in [4.69, 9.17) is 11.6 Å². The van der Waals surface area contributed by atoms with Gasteiger partial charge in [0.05, 0.1) is 12.6 Å². The van der Waals surface area contributed by atoms with Crippen LogP contribution < -0.4 is 5.32 Å². The SMILES string of the molecule is Clc1ccc2c(c1)CCC2NC1=NCCS1. The first kappa shape index (κ1) is 10.5. The maximum absolute atomic E-state index is 5.99. The van der Waals surface area contributed by atoms with E-state index in [0.29, 0.717) is 6.04 Å². The largest absolute Gasteiger partial charge is 0.358 e. The Kier molecular flexibility index (Phi) is 2.82. The van der Waals surface area contributed by atoms with Crippen LogP contribution >= 0.6 is 23.4 Å². The molecule has 1 atom stereocenters. The van der Waals surface area contributed by atoms with Gasteiger partial charge in [0.25, 0.3) is 0 Å². The molecule has 84 valence electrons. The second-order valence-corrected chi connectivity index (χ2v) is 5.63. The van der Waals surface area contributed by atoms with Gasteiger partial charge in [0.2, 0.25) is 0 Å². The summed E-state index contributed by atoms with van der Waals surface area (Å²) in [6, 6.07) is 6.63. The van der Waals surface area contributed by atoms with Crippen LogP contribution in [-0.2, 0) is 6.42 Å². The smallest absolute Gasteiger partial charge is 0.157 e. The normalized spacial score (nSPS) is 23.1. The highest BCUT2D eigenvalue weighted by molar-refractivity contribution is 8.14. The van der Waals surface area contributed by atoms with Crippen molar-refractivity contribution in [2.45, 2.75) is 18.9 Å². The third kappa shape index (κ3) is 1.94. The molecule has 0 bridgehead atoms. The van der Waals surface area contributed by atoms with E-state index in [2.05, 4.69) is 22.4 Å². The van der Waals surface area contributed by atoms with Crippen molar-refractivity contribution in [3.63, 3.8) is 0 Å². The Morgan fingerprint density at radius 1 is 1.44 bits per heavy atom. The van der Waals surface area contributed by atoms with Gasteiger partial charge in [0, 0.05) is 10.8 Å². The molecule has 0 spiro atoms. The molecule has 1 unspecified atom stereocenters. The number of thioether (sulfide) groups is 1. The van der Waals surface area contributed by atoms with E-state index in [9.17, 15) is 0 Å². The summed E-state index contributed by atoms with van der Waals surface area (Å²) in [6.07, 6.45) is 2.26. The predicted molar refractivity (Wildman–Crippen MR) is 70.4 cm³/mol. The topological polar surface area (TPSA) is 24.4 Å². The minimum Gasteiger partial charge on any atom is -0.358 e. The second kappa shape index (κ2) is 4.30. The molecule has 0 radical (unpaired) electrons. The molecule has 1 N–H and O–H groups in total. The first-order chi connectivity index (χ1) is 7.83. The summed E-state index contributed by atoms with van der Waals surface area (Å²) in [5, 5.41) is 5.47. The van der Waals surface area contributed by atoms with Gasteiger partial charge < -0.3 is 5.32 Å². The van der Waals surface area contributed by atoms with E-state index in [0.717, 1.165) is 35.3 Å². The van der Waals surface area contributed by atoms with Crippen LogP contribution in [0.25, 0.3) is 0 Å². The molecule has 0 amide bonds. The molecule has 1 aromatic carbocycles. The van der Waals surface area contributed by atoms with Crippen LogP contribution in [0, 0.1) is 0 Å². The minimum absolute atomic E-state index is 0.427. The van der Waals surface area contributed by atoms with Crippen molar-refractivity contribution in [3.8, 4) is 0 Å². The lowest BCUT2D eigenvalue weighted by atomic mass is 10.1. The third-order valence-corrected chi connectivity index (χ3v) is 4.21. The molecule has 0 saturated heterocycles. The van der Waals surface area contributed by atoms with Gasteiger partial charge in [0.1, 0.15) is 0 Å². The van der Waals surface area contributed by atoms with Gasteiger partial charge in [-0.25, -0.2) is 0 Å². The van der Waals surface area contributed by atoms with Crippen molar-refractivity contribution in [2.75, 3.05) is 12.3 Å². The van der Waals surface area contributed by atoms with Gasteiger partial charge in [-0.1, -0.05) is 29.4 Å². The van der Waals surface area contributed by atoms with Crippen LogP contribution in [0.15, 0.2) is 23.2 Å². The molecule has 1 heterocycles. The highest BCUT2D eigenvalue weighted by Gasteiger charge is 2.24. The maximum Gasteiger partial charge on any atom is 0.157 e. The maximum atomic E-state index is 5.99. The zero-order chi connectivity index (χ0) is 11.0. The first-order valence-corrected chi connectivity index (χ1v) is 6.91. The molecule has 4 heteroatoms. The highest BCUT2D eigenvalue weighted by atomic mass is 35.5. The zero-order valence-electron chi connectivity index (χ0n) is 8.87. The van der Waals surface area contributed by atoms with Crippen molar-refractivity contribution in [2.24, 2.45) is 4.99 Å². The van der Waals surface area contributed by atoms with E-state index in [-0.39, 0.29) is 0 Å². The Morgan fingerprint density at radius 2 is 2.38 bits per heavy atom. The van der Waals surface area contributed by atoms with Crippen molar-refractivity contribution in [1.29, 1.82) is 0 Å². The molecule has 1 aliphatic carbocycles. The molecule has 1 aliphatic heterocycles. The summed E-state index contributed by atoms with van der Waals surface area (Å²) >= 11 is 7.81. The summed E-state index contributed by atoms with van der Waals surface area (Å²) < 4.78 is 0. The molecular formula is C12H13ClN2S. The van der Waals surface area contributed by atoms with Crippen LogP contribution in [0.4, 0.5) is 0 Å². The summed E-state index contributed by atoms with van der Waals surface area (Å²) in [5.74, 6) is 1.11. The number of hydrogen-bond acceptors (Lipinski definition) is 3. The van der Waals surface area contributed by atoms with Crippen molar-refractivity contribution >= 4 is 28.5 Å². The van der Waals surface area contributed by atoms with E-state index in [1.54, 1.807) is 0 Å². The Bertz CT molecular complexity index is 445. The van der Waals surface area contributed by atoms with Gasteiger partial charge >= 0.3 is 0 Å². The van der Waals surface area contributed by atoms with Gasteiger partial charge in [-0.3, -0.25) is 4.99 Å². The molecule has 0 fully saturated rings. The fraction of sp³-hybridized carbons (Fsp3) is 0.417. The van der Waals surface area contributed by atoms with Crippen molar-refractivity contribution in [1.82, 2.24) is 5.32 Å². The lowest BCUT2D eigenvalue weighted by Crippen LogP contribution is -2.23. The number of benzene rings is 1. The molecule has 2 aliphatic rings. The molecular weight excluding hydrogens is 240 g/mol. The number of fused-ring (bicyclic) bond motifs is 1. The van der Waals surface area contributed by atoms with Crippen LogP contribution in [0.3, 0.4) is 0 Å². The molecule has 0 aromatic heterocycles. The standard InChI is InChI=1S/C12H13ClN2S/c13-9-2-3-10-8(7-9)1-4-11(10)15-12-14-5-6-16-12/h2-3,7,11H,1,4-6H2,(H,14,15). The number of halogens is 1. The minimum atomic E-state index is 0.427. The number of nitrogens with one attached hydrogen (secondary N) is 1. The molecule has 16 heavy (non-hydrogen) atoms. The van der Waals surface area contributed by atoms with E-state index < -0.39 is 0 Å². The quantitative estimate of drug-likeness (QED) is 0.831. The van der Waals surface area contributed by atoms with Crippen molar-refractivity contribution < 1.29 is 0 Å². The van der Waals surface area contributed by atoms with Gasteiger partial charge in [-0.15, -0.1) is 0 Å². The summed E-state index contributed by atoms with van der Waals surface area (Å²) in [6.45, 7) is 0.952. The molecule has 0 saturated carbocycles. The Balaban J connectivity index is 1.80. The zero-order valence-corrected chi connectivity index (χ0v) is 10.4. The number of aliphatic imine (C=N–C) groups is 1. The Labute approximate surface area is 104 Å². The van der Waals surface area contributed by atoms with E-state index in [1.807, 2.05) is 17.8 Å². The summed E-state index contributed by atoms with van der Waals surface area (Å²) in [4.78, 5) is 4.43.